The predicted octanol–water partition coefficient (Wildman–Crippen LogP) is 4.77. The summed E-state index contributed by atoms with van der Waals surface area (Å²) in [6.45, 7) is 1.65. The summed E-state index contributed by atoms with van der Waals surface area (Å²) in [6.07, 6.45) is -0.746. The van der Waals surface area contributed by atoms with Crippen LogP contribution in [0.4, 0.5) is 5.69 Å². The third kappa shape index (κ3) is 3.73. The Hall–Kier alpha value is -3.03. The number of nitrogens with zero attached hydrogens (tertiary/aromatic N) is 1. The molecule has 0 spiro atoms. The number of carbonyl (C=O) groups is 1. The van der Waals surface area contributed by atoms with E-state index in [4.69, 9.17) is 21.6 Å². The number of ether oxygens (including phenoxy) is 1. The molecule has 3 aromatic rings. The van der Waals surface area contributed by atoms with Gasteiger partial charge in [-0.05, 0) is 36.6 Å². The number of benzene rings is 3. The first-order chi connectivity index (χ1) is 12.1. The molecule has 1 atom stereocenters. The summed E-state index contributed by atoms with van der Waals surface area (Å²) in [7, 11) is 0. The van der Waals surface area contributed by atoms with Gasteiger partial charge >= 0.3 is 0 Å². The number of hydrogen-bond acceptors (Lipinski definition) is 3. The molecule has 0 saturated carbocycles. The van der Waals surface area contributed by atoms with Crippen molar-refractivity contribution in [3.8, 4) is 11.8 Å². The van der Waals surface area contributed by atoms with Gasteiger partial charge in [-0.3, -0.25) is 4.79 Å². The standard InChI is InChI=1S/C20H15ClN2O2/c1-13(25-19-10-9-14(12-22)11-17(19)21)20(24)23-18-8-4-6-15-5-2-3-7-16(15)18/h2-11,13H,1H3,(H,23,24)/t13-/m1/s1. The van der Waals surface area contributed by atoms with Gasteiger partial charge in [-0.25, -0.2) is 0 Å². The quantitative estimate of drug-likeness (QED) is 0.737. The number of rotatable bonds is 4. The second-order valence-electron chi connectivity index (χ2n) is 5.53. The lowest BCUT2D eigenvalue weighted by Gasteiger charge is -2.16. The highest BCUT2D eigenvalue weighted by atomic mass is 35.5. The van der Waals surface area contributed by atoms with Gasteiger partial charge in [0, 0.05) is 11.1 Å². The van der Waals surface area contributed by atoms with E-state index in [0.717, 1.165) is 16.5 Å². The zero-order valence-corrected chi connectivity index (χ0v) is 14.2. The van der Waals surface area contributed by atoms with Crippen LogP contribution >= 0.6 is 11.6 Å². The van der Waals surface area contributed by atoms with Gasteiger partial charge in [0.1, 0.15) is 5.75 Å². The molecule has 1 N–H and O–H groups in total. The van der Waals surface area contributed by atoms with Crippen molar-refractivity contribution < 1.29 is 9.53 Å². The van der Waals surface area contributed by atoms with Crippen molar-refractivity contribution >= 4 is 34.0 Å². The molecule has 5 heteroatoms. The van der Waals surface area contributed by atoms with Crippen LogP contribution in [0, 0.1) is 11.3 Å². The topological polar surface area (TPSA) is 62.1 Å². The molecule has 0 aliphatic rings. The Labute approximate surface area is 150 Å². The van der Waals surface area contributed by atoms with E-state index in [1.807, 2.05) is 48.5 Å². The summed E-state index contributed by atoms with van der Waals surface area (Å²) in [5.41, 5.74) is 1.16. The third-order valence-corrected chi connectivity index (χ3v) is 4.08. The zero-order valence-electron chi connectivity index (χ0n) is 13.5. The minimum Gasteiger partial charge on any atom is -0.479 e. The highest BCUT2D eigenvalue weighted by Gasteiger charge is 2.17. The monoisotopic (exact) mass is 350 g/mol. The second kappa shape index (κ2) is 7.25. The molecule has 0 aliphatic heterocycles. The summed E-state index contributed by atoms with van der Waals surface area (Å²) in [5.74, 6) is 0.0815. The Balaban J connectivity index is 1.76. The van der Waals surface area contributed by atoms with E-state index in [2.05, 4.69) is 5.32 Å². The first-order valence-corrected chi connectivity index (χ1v) is 8.11. The molecule has 25 heavy (non-hydrogen) atoms. The van der Waals surface area contributed by atoms with Crippen molar-refractivity contribution in [1.82, 2.24) is 0 Å². The number of hydrogen-bond donors (Lipinski definition) is 1. The minimum atomic E-state index is -0.746. The molecule has 124 valence electrons. The first-order valence-electron chi connectivity index (χ1n) is 7.73. The summed E-state index contributed by atoms with van der Waals surface area (Å²) < 4.78 is 5.64. The SMILES string of the molecule is C[C@@H](Oc1ccc(C#N)cc1Cl)C(=O)Nc1cccc2ccccc12. The fourth-order valence-electron chi connectivity index (χ4n) is 2.48. The molecule has 0 unspecified atom stereocenters. The fourth-order valence-corrected chi connectivity index (χ4v) is 2.70. The molecule has 4 nitrogen and oxygen atoms in total. The molecular weight excluding hydrogens is 336 g/mol. The zero-order chi connectivity index (χ0) is 17.8. The number of carbonyl (C=O) groups excluding carboxylic acids is 1. The van der Waals surface area contributed by atoms with E-state index in [-0.39, 0.29) is 5.91 Å². The smallest absolute Gasteiger partial charge is 0.265 e. The molecular formula is C20H15ClN2O2. The van der Waals surface area contributed by atoms with Crippen LogP contribution < -0.4 is 10.1 Å². The Kier molecular flexibility index (Phi) is 4.87. The van der Waals surface area contributed by atoms with Gasteiger partial charge in [0.05, 0.1) is 16.7 Å². The van der Waals surface area contributed by atoms with Gasteiger partial charge in [-0.1, -0.05) is 48.0 Å². The average Bonchev–Trinajstić information content (AvgIpc) is 2.63. The van der Waals surface area contributed by atoms with Gasteiger partial charge in [0.2, 0.25) is 0 Å². The Morgan fingerprint density at radius 1 is 1.16 bits per heavy atom. The fraction of sp³-hybridized carbons (Fsp3) is 0.100. The highest BCUT2D eigenvalue weighted by Crippen LogP contribution is 2.27. The lowest BCUT2D eigenvalue weighted by Crippen LogP contribution is -2.30. The van der Waals surface area contributed by atoms with E-state index in [1.54, 1.807) is 19.1 Å². The molecule has 0 heterocycles. The van der Waals surface area contributed by atoms with Crippen LogP contribution in [0.15, 0.2) is 60.7 Å². The molecule has 0 saturated heterocycles. The van der Waals surface area contributed by atoms with Gasteiger partial charge < -0.3 is 10.1 Å². The maximum Gasteiger partial charge on any atom is 0.265 e. The van der Waals surface area contributed by atoms with Crippen molar-refractivity contribution in [2.24, 2.45) is 0 Å². The number of fused-ring (bicyclic) bond motifs is 1. The maximum absolute atomic E-state index is 12.5. The van der Waals surface area contributed by atoms with Crippen molar-refractivity contribution in [2.45, 2.75) is 13.0 Å². The first kappa shape index (κ1) is 16.8. The summed E-state index contributed by atoms with van der Waals surface area (Å²) >= 11 is 6.09. The van der Waals surface area contributed by atoms with E-state index < -0.39 is 6.10 Å². The van der Waals surface area contributed by atoms with Crippen LogP contribution in [0.2, 0.25) is 5.02 Å². The number of nitriles is 1. The summed E-state index contributed by atoms with van der Waals surface area (Å²) in [4.78, 5) is 12.5. The predicted molar refractivity (Wildman–Crippen MR) is 98.8 cm³/mol. The van der Waals surface area contributed by atoms with Crippen molar-refractivity contribution in [3.63, 3.8) is 0 Å². The maximum atomic E-state index is 12.5. The van der Waals surface area contributed by atoms with Crippen molar-refractivity contribution in [1.29, 1.82) is 5.26 Å². The Morgan fingerprint density at radius 3 is 2.68 bits per heavy atom. The summed E-state index contributed by atoms with van der Waals surface area (Å²) in [6, 6.07) is 20.2. The van der Waals surface area contributed by atoms with Gasteiger partial charge in [0.15, 0.2) is 6.10 Å². The van der Waals surface area contributed by atoms with Crippen LogP contribution in [0.3, 0.4) is 0 Å². The molecule has 1 amide bonds. The largest absolute Gasteiger partial charge is 0.479 e. The molecule has 0 aliphatic carbocycles. The van der Waals surface area contributed by atoms with Crippen molar-refractivity contribution in [3.05, 3.63) is 71.2 Å². The van der Waals surface area contributed by atoms with Gasteiger partial charge in [-0.2, -0.15) is 5.26 Å². The van der Waals surface area contributed by atoms with Crippen LogP contribution in [0.25, 0.3) is 10.8 Å². The molecule has 0 aromatic heterocycles. The lowest BCUT2D eigenvalue weighted by molar-refractivity contribution is -0.122. The number of amides is 1. The van der Waals surface area contributed by atoms with E-state index in [1.165, 1.54) is 6.07 Å². The average molecular weight is 351 g/mol. The van der Waals surface area contributed by atoms with Crippen LogP contribution in [-0.4, -0.2) is 12.0 Å². The van der Waals surface area contributed by atoms with E-state index in [9.17, 15) is 4.79 Å². The Bertz CT molecular complexity index is 974. The van der Waals surface area contributed by atoms with Gasteiger partial charge in [-0.15, -0.1) is 0 Å². The molecule has 0 bridgehead atoms. The van der Waals surface area contributed by atoms with Gasteiger partial charge in [0.25, 0.3) is 5.91 Å². The summed E-state index contributed by atoms with van der Waals surface area (Å²) in [5, 5.41) is 14.0. The van der Waals surface area contributed by atoms with E-state index >= 15 is 0 Å². The minimum absolute atomic E-state index is 0.281. The molecule has 0 radical (unpaired) electrons. The molecule has 3 rings (SSSR count). The molecule has 0 fully saturated rings. The highest BCUT2D eigenvalue weighted by molar-refractivity contribution is 6.32. The third-order valence-electron chi connectivity index (χ3n) is 3.78. The molecule has 3 aromatic carbocycles. The van der Waals surface area contributed by atoms with Crippen LogP contribution in [0.5, 0.6) is 5.75 Å². The van der Waals surface area contributed by atoms with E-state index in [0.29, 0.717) is 16.3 Å². The Morgan fingerprint density at radius 2 is 1.92 bits per heavy atom. The normalized spacial score (nSPS) is 11.6. The number of halogens is 1. The number of nitrogens with one attached hydrogen (secondary N) is 1. The van der Waals surface area contributed by atoms with Crippen LogP contribution in [-0.2, 0) is 4.79 Å². The number of anilines is 1. The second-order valence-corrected chi connectivity index (χ2v) is 5.94. The van der Waals surface area contributed by atoms with Crippen molar-refractivity contribution in [2.75, 3.05) is 5.32 Å². The lowest BCUT2D eigenvalue weighted by atomic mass is 10.1. The van der Waals surface area contributed by atoms with Crippen LogP contribution in [0.1, 0.15) is 12.5 Å².